The third-order valence-electron chi connectivity index (χ3n) is 7.10. The second-order valence-electron chi connectivity index (χ2n) is 10.1. The van der Waals surface area contributed by atoms with E-state index in [1.54, 1.807) is 11.3 Å². The van der Waals surface area contributed by atoms with E-state index in [1.807, 2.05) is 37.3 Å². The molecule has 0 saturated carbocycles. The van der Waals surface area contributed by atoms with Gasteiger partial charge < -0.3 is 19.7 Å². The lowest BCUT2D eigenvalue weighted by atomic mass is 9.92. The fourth-order valence-electron chi connectivity index (χ4n) is 5.02. The first-order valence-corrected chi connectivity index (χ1v) is 14.5. The van der Waals surface area contributed by atoms with E-state index in [2.05, 4.69) is 39.9 Å². The Hall–Kier alpha value is -3.98. The minimum atomic E-state index is -0.389. The number of amides is 1. The standard InChI is InChI=1S/C31H34N4O4S/c1-21-30(39-20-24-6-4-3-5-7-24)29(31(37)32-13-16-38-22(2)36)34-28(33-21)18-23-10-14-35(15-11-23)26-8-9-27-25(19-26)12-17-40-27/h3-9,12,17,19,23H,10-11,13-16,18,20H2,1-2H3,(H,32,37). The molecule has 0 unspecified atom stereocenters. The van der Waals surface area contributed by atoms with Crippen molar-refractivity contribution in [2.45, 2.75) is 39.7 Å². The van der Waals surface area contributed by atoms with Gasteiger partial charge in [-0.15, -0.1) is 11.3 Å². The van der Waals surface area contributed by atoms with E-state index in [0.29, 0.717) is 36.2 Å². The maximum absolute atomic E-state index is 13.2. The van der Waals surface area contributed by atoms with Gasteiger partial charge in [0.25, 0.3) is 5.91 Å². The Kier molecular flexibility index (Phi) is 8.91. The number of carbonyl (C=O) groups is 2. The second-order valence-corrected chi connectivity index (χ2v) is 11.0. The first-order valence-electron chi connectivity index (χ1n) is 13.6. The molecule has 9 heteroatoms. The molecule has 1 saturated heterocycles. The third-order valence-corrected chi connectivity index (χ3v) is 8.00. The number of nitrogens with one attached hydrogen (secondary N) is 1. The zero-order valence-electron chi connectivity index (χ0n) is 22.9. The lowest BCUT2D eigenvalue weighted by Crippen LogP contribution is -2.34. The van der Waals surface area contributed by atoms with Gasteiger partial charge in [0.2, 0.25) is 0 Å². The van der Waals surface area contributed by atoms with Crippen molar-refractivity contribution in [3.63, 3.8) is 0 Å². The van der Waals surface area contributed by atoms with E-state index in [-0.39, 0.29) is 30.7 Å². The summed E-state index contributed by atoms with van der Waals surface area (Å²) < 4.78 is 12.3. The number of nitrogens with zero attached hydrogens (tertiary/aromatic N) is 3. The van der Waals surface area contributed by atoms with Gasteiger partial charge in [0.1, 0.15) is 19.0 Å². The molecule has 3 heterocycles. The van der Waals surface area contributed by atoms with Gasteiger partial charge in [-0.1, -0.05) is 30.3 Å². The van der Waals surface area contributed by atoms with E-state index in [4.69, 9.17) is 19.4 Å². The molecule has 0 spiro atoms. The van der Waals surface area contributed by atoms with Crippen molar-refractivity contribution in [2.75, 3.05) is 31.1 Å². The Balaban J connectivity index is 1.27. The molecule has 40 heavy (non-hydrogen) atoms. The third kappa shape index (κ3) is 6.96. The summed E-state index contributed by atoms with van der Waals surface area (Å²) in [6.45, 7) is 5.71. The predicted octanol–water partition coefficient (Wildman–Crippen LogP) is 5.33. The molecule has 1 amide bonds. The van der Waals surface area contributed by atoms with Crippen LogP contribution in [-0.2, 0) is 22.6 Å². The summed E-state index contributed by atoms with van der Waals surface area (Å²) in [6.07, 6.45) is 2.76. The summed E-state index contributed by atoms with van der Waals surface area (Å²) in [7, 11) is 0. The summed E-state index contributed by atoms with van der Waals surface area (Å²) in [4.78, 5) is 36.1. The van der Waals surface area contributed by atoms with Crippen molar-refractivity contribution in [2.24, 2.45) is 5.92 Å². The number of hydrogen-bond acceptors (Lipinski definition) is 8. The van der Waals surface area contributed by atoms with Crippen LogP contribution in [0.5, 0.6) is 5.75 Å². The molecular weight excluding hydrogens is 524 g/mol. The maximum Gasteiger partial charge on any atom is 0.302 e. The van der Waals surface area contributed by atoms with Crippen LogP contribution < -0.4 is 15.0 Å². The maximum atomic E-state index is 13.2. The predicted molar refractivity (Wildman–Crippen MR) is 157 cm³/mol. The highest BCUT2D eigenvalue weighted by Crippen LogP contribution is 2.30. The fourth-order valence-corrected chi connectivity index (χ4v) is 5.79. The molecule has 208 valence electrons. The number of carbonyl (C=O) groups excluding carboxylic acids is 2. The molecule has 2 aromatic carbocycles. The van der Waals surface area contributed by atoms with E-state index in [9.17, 15) is 9.59 Å². The Labute approximate surface area is 238 Å². The second kappa shape index (κ2) is 12.9. The zero-order chi connectivity index (χ0) is 27.9. The average Bonchev–Trinajstić information content (AvgIpc) is 3.43. The monoisotopic (exact) mass is 558 g/mol. The number of piperidine rings is 1. The van der Waals surface area contributed by atoms with Crippen molar-refractivity contribution in [1.82, 2.24) is 15.3 Å². The van der Waals surface area contributed by atoms with Gasteiger partial charge in [-0.3, -0.25) is 9.59 Å². The number of fused-ring (bicyclic) bond motifs is 1. The smallest absolute Gasteiger partial charge is 0.302 e. The van der Waals surface area contributed by atoms with Crippen LogP contribution in [0.2, 0.25) is 0 Å². The van der Waals surface area contributed by atoms with Gasteiger partial charge >= 0.3 is 5.97 Å². The Morgan fingerprint density at radius 2 is 1.88 bits per heavy atom. The first kappa shape index (κ1) is 27.6. The molecule has 0 aliphatic carbocycles. The molecule has 0 radical (unpaired) electrons. The molecule has 2 aromatic heterocycles. The van der Waals surface area contributed by atoms with E-state index in [0.717, 1.165) is 31.5 Å². The lowest BCUT2D eigenvalue weighted by Gasteiger charge is -2.33. The molecule has 1 N–H and O–H groups in total. The van der Waals surface area contributed by atoms with Crippen molar-refractivity contribution in [3.05, 3.63) is 82.8 Å². The molecule has 1 aliphatic rings. The number of benzene rings is 2. The quantitative estimate of drug-likeness (QED) is 0.208. The van der Waals surface area contributed by atoms with E-state index in [1.165, 1.54) is 22.7 Å². The van der Waals surface area contributed by atoms with Crippen LogP contribution >= 0.6 is 11.3 Å². The van der Waals surface area contributed by atoms with Gasteiger partial charge in [0.05, 0.1) is 12.2 Å². The van der Waals surface area contributed by atoms with Crippen LogP contribution in [0.4, 0.5) is 5.69 Å². The summed E-state index contributed by atoms with van der Waals surface area (Å²) in [5, 5.41) is 6.22. The molecule has 1 fully saturated rings. The van der Waals surface area contributed by atoms with Gasteiger partial charge in [-0.2, -0.15) is 0 Å². The normalized spacial score (nSPS) is 13.8. The van der Waals surface area contributed by atoms with Crippen molar-refractivity contribution < 1.29 is 19.1 Å². The molecule has 8 nitrogen and oxygen atoms in total. The zero-order valence-corrected chi connectivity index (χ0v) is 23.7. The van der Waals surface area contributed by atoms with Crippen LogP contribution in [0.3, 0.4) is 0 Å². The summed E-state index contributed by atoms with van der Waals surface area (Å²) in [5.41, 5.74) is 3.09. The van der Waals surface area contributed by atoms with Crippen molar-refractivity contribution >= 4 is 39.0 Å². The fraction of sp³-hybridized carbons (Fsp3) is 0.355. The van der Waals surface area contributed by atoms with E-state index >= 15 is 0 Å². The van der Waals surface area contributed by atoms with Gasteiger partial charge in [0.15, 0.2) is 11.4 Å². The van der Waals surface area contributed by atoms with Crippen LogP contribution in [0.15, 0.2) is 60.0 Å². The minimum absolute atomic E-state index is 0.0934. The number of aryl methyl sites for hydroxylation is 1. The highest BCUT2D eigenvalue weighted by atomic mass is 32.1. The summed E-state index contributed by atoms with van der Waals surface area (Å²) in [5.74, 6) is 0.681. The number of thiophene rings is 1. The largest absolute Gasteiger partial charge is 0.485 e. The number of anilines is 1. The molecular formula is C31H34N4O4S. The highest BCUT2D eigenvalue weighted by Gasteiger charge is 2.24. The SMILES string of the molecule is CC(=O)OCCNC(=O)c1nc(CC2CCN(c3ccc4sccc4c3)CC2)nc(C)c1OCc1ccccc1. The summed E-state index contributed by atoms with van der Waals surface area (Å²) >= 11 is 1.77. The van der Waals surface area contributed by atoms with Crippen LogP contribution in [0.25, 0.3) is 10.1 Å². The van der Waals surface area contributed by atoms with Crippen LogP contribution in [0.1, 0.15) is 47.3 Å². The van der Waals surface area contributed by atoms with Gasteiger partial charge in [-0.05, 0) is 66.3 Å². The van der Waals surface area contributed by atoms with Gasteiger partial charge in [-0.25, -0.2) is 9.97 Å². The lowest BCUT2D eigenvalue weighted by molar-refractivity contribution is -0.140. The number of rotatable bonds is 10. The molecule has 4 aromatic rings. The number of esters is 1. The molecule has 0 atom stereocenters. The minimum Gasteiger partial charge on any atom is -0.485 e. The number of ether oxygens (including phenoxy) is 2. The number of aromatic nitrogens is 2. The topological polar surface area (TPSA) is 93.6 Å². The van der Waals surface area contributed by atoms with Crippen molar-refractivity contribution in [3.8, 4) is 5.75 Å². The Morgan fingerprint density at radius 1 is 1.07 bits per heavy atom. The Bertz CT molecular complexity index is 1460. The summed E-state index contributed by atoms with van der Waals surface area (Å²) in [6, 6.07) is 18.6. The van der Waals surface area contributed by atoms with Crippen LogP contribution in [0, 0.1) is 12.8 Å². The van der Waals surface area contributed by atoms with Crippen LogP contribution in [-0.4, -0.2) is 48.1 Å². The van der Waals surface area contributed by atoms with Gasteiger partial charge in [0, 0.05) is 36.8 Å². The Morgan fingerprint density at radius 3 is 2.65 bits per heavy atom. The van der Waals surface area contributed by atoms with Crippen molar-refractivity contribution in [1.29, 1.82) is 0 Å². The number of hydrogen-bond donors (Lipinski definition) is 1. The first-order chi connectivity index (χ1) is 19.5. The average molecular weight is 559 g/mol. The molecule has 1 aliphatic heterocycles. The van der Waals surface area contributed by atoms with E-state index < -0.39 is 0 Å². The highest BCUT2D eigenvalue weighted by molar-refractivity contribution is 7.17. The molecule has 5 rings (SSSR count). The molecule has 0 bridgehead atoms.